The maximum Gasteiger partial charge on any atom is 0.261 e. The first-order valence-electron chi connectivity index (χ1n) is 9.00. The highest BCUT2D eigenvalue weighted by atomic mass is 16.5. The lowest BCUT2D eigenvalue weighted by Crippen LogP contribution is -2.45. The van der Waals surface area contributed by atoms with Gasteiger partial charge in [-0.1, -0.05) is 19.1 Å². The van der Waals surface area contributed by atoms with Gasteiger partial charge < -0.3 is 19.9 Å². The number of ether oxygens (including phenoxy) is 1. The Bertz CT molecular complexity index is 513. The van der Waals surface area contributed by atoms with Crippen molar-refractivity contribution in [3.05, 3.63) is 29.8 Å². The lowest BCUT2D eigenvalue weighted by atomic mass is 10.2. The monoisotopic (exact) mass is 333 g/mol. The molecule has 134 valence electrons. The van der Waals surface area contributed by atoms with Crippen LogP contribution >= 0.6 is 0 Å². The molecule has 2 rings (SSSR count). The van der Waals surface area contributed by atoms with E-state index >= 15 is 0 Å². The van der Waals surface area contributed by atoms with Gasteiger partial charge in [0.1, 0.15) is 5.75 Å². The van der Waals surface area contributed by atoms with Crippen molar-refractivity contribution < 1.29 is 9.53 Å². The first-order valence-corrected chi connectivity index (χ1v) is 9.00. The summed E-state index contributed by atoms with van der Waals surface area (Å²) in [4.78, 5) is 17.1. The number of benzene rings is 1. The normalized spacial score (nSPS) is 17.5. The van der Waals surface area contributed by atoms with E-state index in [1.165, 1.54) is 0 Å². The van der Waals surface area contributed by atoms with Gasteiger partial charge in [0.05, 0.1) is 0 Å². The van der Waals surface area contributed by atoms with E-state index < -0.39 is 6.10 Å². The average Bonchev–Trinajstić information content (AvgIpc) is 2.58. The van der Waals surface area contributed by atoms with Crippen molar-refractivity contribution >= 4 is 5.91 Å². The van der Waals surface area contributed by atoms with Crippen LogP contribution in [0.25, 0.3) is 0 Å². The van der Waals surface area contributed by atoms with Crippen molar-refractivity contribution in [3.8, 4) is 5.75 Å². The first-order chi connectivity index (χ1) is 11.6. The molecule has 1 N–H and O–H groups in total. The van der Waals surface area contributed by atoms with Gasteiger partial charge in [0, 0.05) is 32.7 Å². The zero-order valence-electron chi connectivity index (χ0n) is 15.3. The Hall–Kier alpha value is -1.59. The van der Waals surface area contributed by atoms with Gasteiger partial charge in [0.25, 0.3) is 5.91 Å². The van der Waals surface area contributed by atoms with E-state index in [4.69, 9.17) is 4.74 Å². The zero-order chi connectivity index (χ0) is 17.4. The highest BCUT2D eigenvalue weighted by Gasteiger charge is 2.18. The van der Waals surface area contributed by atoms with Crippen molar-refractivity contribution in [1.82, 2.24) is 15.1 Å². The Morgan fingerprint density at radius 3 is 2.71 bits per heavy atom. The summed E-state index contributed by atoms with van der Waals surface area (Å²) in [5.41, 5.74) is 1.13. The predicted molar refractivity (Wildman–Crippen MR) is 97.4 cm³/mol. The number of carbonyl (C=O) groups is 1. The minimum Gasteiger partial charge on any atom is -0.481 e. The third kappa shape index (κ3) is 6.13. The molecular weight excluding hydrogens is 302 g/mol. The van der Waals surface area contributed by atoms with Crippen molar-refractivity contribution in [3.63, 3.8) is 0 Å². The van der Waals surface area contributed by atoms with Gasteiger partial charge in [-0.3, -0.25) is 4.79 Å². The molecule has 5 nitrogen and oxygen atoms in total. The summed E-state index contributed by atoms with van der Waals surface area (Å²) in [6.45, 7) is 10.3. The first kappa shape index (κ1) is 18.7. The molecular formula is C19H31N3O2. The van der Waals surface area contributed by atoms with Crippen LogP contribution in [0.4, 0.5) is 0 Å². The largest absolute Gasteiger partial charge is 0.481 e. The number of aryl methyl sites for hydroxylation is 1. The van der Waals surface area contributed by atoms with Gasteiger partial charge >= 0.3 is 0 Å². The fraction of sp³-hybridized carbons (Fsp3) is 0.632. The molecule has 0 aliphatic carbocycles. The van der Waals surface area contributed by atoms with E-state index in [9.17, 15) is 4.79 Å². The molecule has 5 heteroatoms. The highest BCUT2D eigenvalue weighted by Crippen LogP contribution is 2.15. The fourth-order valence-electron chi connectivity index (χ4n) is 2.87. The third-order valence-electron chi connectivity index (χ3n) is 4.48. The Labute approximate surface area is 146 Å². The summed E-state index contributed by atoms with van der Waals surface area (Å²) in [5.74, 6) is 0.742. The minimum atomic E-state index is -0.421. The minimum absolute atomic E-state index is 0.0163. The van der Waals surface area contributed by atoms with Crippen molar-refractivity contribution in [2.24, 2.45) is 0 Å². The quantitative estimate of drug-likeness (QED) is 0.738. The van der Waals surface area contributed by atoms with Gasteiger partial charge in [-0.05, 0) is 51.1 Å². The Kier molecular flexibility index (Phi) is 7.53. The highest BCUT2D eigenvalue weighted by molar-refractivity contribution is 5.81. The second kappa shape index (κ2) is 9.64. The maximum absolute atomic E-state index is 12.3. The van der Waals surface area contributed by atoms with Gasteiger partial charge in [-0.15, -0.1) is 0 Å². The Morgan fingerprint density at radius 1 is 1.29 bits per heavy atom. The molecule has 24 heavy (non-hydrogen) atoms. The standard InChI is InChI=1S/C19H31N3O2/c1-4-18(24-17-8-5-7-16(2)15-17)19(23)20-9-6-10-22-13-11-21(3)12-14-22/h5,7-8,15,18H,4,6,9-14H2,1-3H3,(H,20,23)/t18-/m1/s1. The molecule has 0 saturated carbocycles. The molecule has 0 unspecified atom stereocenters. The predicted octanol–water partition coefficient (Wildman–Crippen LogP) is 1.91. The van der Waals surface area contributed by atoms with E-state index in [-0.39, 0.29) is 5.91 Å². The molecule has 1 saturated heterocycles. The van der Waals surface area contributed by atoms with E-state index in [1.807, 2.05) is 38.1 Å². The van der Waals surface area contributed by atoms with Crippen molar-refractivity contribution in [2.45, 2.75) is 32.8 Å². The molecule has 0 radical (unpaired) electrons. The van der Waals surface area contributed by atoms with E-state index in [0.717, 1.165) is 50.5 Å². The summed E-state index contributed by atoms with van der Waals surface area (Å²) in [6.07, 6.45) is 1.23. The number of amides is 1. The Morgan fingerprint density at radius 2 is 2.04 bits per heavy atom. The van der Waals surface area contributed by atoms with Crippen molar-refractivity contribution in [1.29, 1.82) is 0 Å². The van der Waals surface area contributed by atoms with E-state index in [1.54, 1.807) is 0 Å². The summed E-state index contributed by atoms with van der Waals surface area (Å²) < 4.78 is 5.84. The van der Waals surface area contributed by atoms with Crippen LogP contribution in [0.3, 0.4) is 0 Å². The summed E-state index contributed by atoms with van der Waals surface area (Å²) in [6, 6.07) is 7.83. The molecule has 1 amide bonds. The van der Waals surface area contributed by atoms with E-state index in [0.29, 0.717) is 13.0 Å². The molecule has 1 fully saturated rings. The van der Waals surface area contributed by atoms with Crippen molar-refractivity contribution in [2.75, 3.05) is 46.3 Å². The summed E-state index contributed by atoms with van der Waals surface area (Å²) in [7, 11) is 2.16. The molecule has 0 bridgehead atoms. The number of hydrogen-bond donors (Lipinski definition) is 1. The number of piperazine rings is 1. The fourth-order valence-corrected chi connectivity index (χ4v) is 2.87. The van der Waals surface area contributed by atoms with E-state index in [2.05, 4.69) is 22.2 Å². The van der Waals surface area contributed by atoms with Gasteiger partial charge in [0.15, 0.2) is 6.10 Å². The van der Waals surface area contributed by atoms with Crippen LogP contribution in [-0.2, 0) is 4.79 Å². The van der Waals surface area contributed by atoms with Crippen LogP contribution in [0, 0.1) is 6.92 Å². The maximum atomic E-state index is 12.3. The van der Waals surface area contributed by atoms with Crippen LogP contribution in [-0.4, -0.2) is 68.1 Å². The molecule has 1 aliphatic rings. The van der Waals surface area contributed by atoms with Gasteiger partial charge in [0.2, 0.25) is 0 Å². The van der Waals surface area contributed by atoms with Crippen LogP contribution in [0.5, 0.6) is 5.75 Å². The van der Waals surface area contributed by atoms with Gasteiger partial charge in [-0.25, -0.2) is 0 Å². The van der Waals surface area contributed by atoms with Crippen LogP contribution in [0.15, 0.2) is 24.3 Å². The van der Waals surface area contributed by atoms with Gasteiger partial charge in [-0.2, -0.15) is 0 Å². The molecule has 0 aromatic heterocycles. The second-order valence-electron chi connectivity index (χ2n) is 6.62. The summed E-state index contributed by atoms with van der Waals surface area (Å²) >= 11 is 0. The number of likely N-dealkylation sites (N-methyl/N-ethyl adjacent to an activating group) is 1. The number of nitrogens with zero attached hydrogens (tertiary/aromatic N) is 2. The Balaban J connectivity index is 1.68. The lowest BCUT2D eigenvalue weighted by Gasteiger charge is -2.32. The van der Waals surface area contributed by atoms with Crippen LogP contribution in [0.2, 0.25) is 0 Å². The molecule has 1 aromatic carbocycles. The number of rotatable bonds is 8. The second-order valence-corrected chi connectivity index (χ2v) is 6.62. The van der Waals surface area contributed by atoms with Crippen LogP contribution in [0.1, 0.15) is 25.3 Å². The lowest BCUT2D eigenvalue weighted by molar-refractivity contribution is -0.128. The summed E-state index contributed by atoms with van der Waals surface area (Å²) in [5, 5.41) is 3.02. The average molecular weight is 333 g/mol. The van der Waals surface area contributed by atoms with Crippen LogP contribution < -0.4 is 10.1 Å². The number of carbonyl (C=O) groups excluding carboxylic acids is 1. The third-order valence-corrected chi connectivity index (χ3v) is 4.48. The number of nitrogens with one attached hydrogen (secondary N) is 1. The smallest absolute Gasteiger partial charge is 0.261 e. The molecule has 1 aliphatic heterocycles. The molecule has 1 heterocycles. The molecule has 0 spiro atoms. The SMILES string of the molecule is CC[C@@H](Oc1cccc(C)c1)C(=O)NCCCN1CCN(C)CC1. The zero-order valence-corrected chi connectivity index (χ0v) is 15.3. The molecule has 1 atom stereocenters. The topological polar surface area (TPSA) is 44.8 Å². The number of hydrogen-bond acceptors (Lipinski definition) is 4. The molecule has 1 aromatic rings.